The van der Waals surface area contributed by atoms with E-state index in [0.717, 1.165) is 11.1 Å². The van der Waals surface area contributed by atoms with Gasteiger partial charge in [0, 0.05) is 16.2 Å². The van der Waals surface area contributed by atoms with Crippen molar-refractivity contribution in [1.29, 1.82) is 0 Å². The van der Waals surface area contributed by atoms with Crippen molar-refractivity contribution in [3.8, 4) is 0 Å². The van der Waals surface area contributed by atoms with E-state index in [2.05, 4.69) is 9.97 Å². The summed E-state index contributed by atoms with van der Waals surface area (Å²) in [6.07, 6.45) is 0. The molecule has 0 aliphatic heterocycles. The smallest absolute Gasteiger partial charge is 0.297 e. The van der Waals surface area contributed by atoms with E-state index in [1.54, 1.807) is 30.3 Å². The predicted molar refractivity (Wildman–Crippen MR) is 117 cm³/mol. The van der Waals surface area contributed by atoms with E-state index in [1.807, 2.05) is 19.9 Å². The van der Waals surface area contributed by atoms with Crippen LogP contribution in [-0.2, 0) is 10.1 Å². The minimum atomic E-state index is -4.84. The Morgan fingerprint density at radius 3 is 2.27 bits per heavy atom. The molecule has 0 amide bonds. The second-order valence-electron chi connectivity index (χ2n) is 7.48. The predicted octanol–water partition coefficient (Wildman–Crippen LogP) is 3.54. The van der Waals surface area contributed by atoms with Gasteiger partial charge in [-0.3, -0.25) is 14.1 Å². The molecule has 5 aromatic rings. The Morgan fingerprint density at radius 1 is 0.800 bits per heavy atom. The second kappa shape index (κ2) is 6.01. The maximum Gasteiger partial charge on any atom is 0.297 e. The molecule has 2 heterocycles. The van der Waals surface area contributed by atoms with Gasteiger partial charge < -0.3 is 9.97 Å². The summed E-state index contributed by atoms with van der Waals surface area (Å²) in [4.78, 5) is 31.9. The van der Waals surface area contributed by atoms with Crippen LogP contribution >= 0.6 is 0 Å². The molecule has 30 heavy (non-hydrogen) atoms. The highest BCUT2D eigenvalue weighted by molar-refractivity contribution is 7.86. The monoisotopic (exact) mass is 420 g/mol. The summed E-state index contributed by atoms with van der Waals surface area (Å²) in [5.74, 6) is 0. The molecule has 0 atom stereocenters. The molecule has 8 heteroatoms. The van der Waals surface area contributed by atoms with E-state index in [4.69, 9.17) is 0 Å². The van der Waals surface area contributed by atoms with Crippen molar-refractivity contribution in [2.24, 2.45) is 0 Å². The van der Waals surface area contributed by atoms with Crippen LogP contribution in [0.2, 0.25) is 0 Å². The summed E-state index contributed by atoms with van der Waals surface area (Å²) in [6.45, 7) is 3.66. The van der Waals surface area contributed by atoms with E-state index in [1.165, 1.54) is 6.07 Å². The van der Waals surface area contributed by atoms with Gasteiger partial charge >= 0.3 is 0 Å². The van der Waals surface area contributed by atoms with E-state index in [0.29, 0.717) is 21.8 Å². The fraction of sp³-hybridized carbons (Fsp3) is 0.0909. The average molecular weight is 420 g/mol. The first-order valence-corrected chi connectivity index (χ1v) is 10.6. The molecule has 0 bridgehead atoms. The fourth-order valence-electron chi connectivity index (χ4n) is 4.07. The second-order valence-corrected chi connectivity index (χ2v) is 8.84. The molecule has 2 aromatic heterocycles. The number of rotatable bonds is 1. The van der Waals surface area contributed by atoms with Crippen LogP contribution < -0.4 is 10.9 Å². The van der Waals surface area contributed by atoms with Gasteiger partial charge in [-0.2, -0.15) is 8.42 Å². The molecule has 0 fully saturated rings. The number of fused-ring (bicyclic) bond motifs is 4. The normalized spacial score (nSPS) is 12.4. The number of hydrogen-bond acceptors (Lipinski definition) is 4. The minimum absolute atomic E-state index is 0.0649. The zero-order chi connectivity index (χ0) is 21.4. The van der Waals surface area contributed by atoms with Crippen LogP contribution in [-0.4, -0.2) is 22.9 Å². The topological polar surface area (TPSA) is 120 Å². The van der Waals surface area contributed by atoms with Gasteiger partial charge in [-0.05, 0) is 49.2 Å². The number of aromatic amines is 2. The van der Waals surface area contributed by atoms with Gasteiger partial charge in [0.2, 0.25) is 0 Å². The lowest BCUT2D eigenvalue weighted by Gasteiger charge is -2.12. The fourth-order valence-corrected chi connectivity index (χ4v) is 4.95. The molecule has 0 aliphatic rings. The molecular weight excluding hydrogens is 404 g/mol. The Hall–Kier alpha value is -3.49. The zero-order valence-corrected chi connectivity index (χ0v) is 16.8. The summed E-state index contributed by atoms with van der Waals surface area (Å²) < 4.78 is 34.9. The van der Waals surface area contributed by atoms with Gasteiger partial charge in [-0.25, -0.2) is 0 Å². The molecule has 7 nitrogen and oxygen atoms in total. The number of nitrogens with one attached hydrogen (secondary N) is 2. The zero-order valence-electron chi connectivity index (χ0n) is 16.0. The summed E-state index contributed by atoms with van der Waals surface area (Å²) >= 11 is 0. The number of pyridine rings is 2. The maximum atomic E-state index is 13.3. The van der Waals surface area contributed by atoms with Crippen LogP contribution in [0, 0.1) is 13.8 Å². The standard InChI is InChI=1S/C22H16N2O5S/c1-10-6-7-12-15(8-10)23-19-14(20(12)25)9-16-17(22(19)30(27,28)29)21(26)13-5-3-4-11(2)18(13)24-16/h3-9H,1-2H3,(H,23,25)(H,24,26)(H,27,28,29). The van der Waals surface area contributed by atoms with E-state index in [-0.39, 0.29) is 21.8 Å². The van der Waals surface area contributed by atoms with Crippen molar-refractivity contribution in [1.82, 2.24) is 9.97 Å². The Kier molecular flexibility index (Phi) is 3.71. The Bertz CT molecular complexity index is 1780. The third-order valence-electron chi connectivity index (χ3n) is 5.47. The maximum absolute atomic E-state index is 13.3. The molecule has 0 unspecified atom stereocenters. The molecule has 0 radical (unpaired) electrons. The van der Waals surface area contributed by atoms with Crippen LogP contribution in [0.15, 0.2) is 56.9 Å². The highest BCUT2D eigenvalue weighted by Crippen LogP contribution is 2.30. The number of benzene rings is 3. The van der Waals surface area contributed by atoms with Crippen molar-refractivity contribution < 1.29 is 13.0 Å². The lowest BCUT2D eigenvalue weighted by molar-refractivity contribution is 0.485. The first-order valence-electron chi connectivity index (χ1n) is 9.19. The number of aryl methyl sites for hydroxylation is 2. The molecule has 3 aromatic carbocycles. The first kappa shape index (κ1) is 18.5. The number of H-pyrrole nitrogens is 2. The van der Waals surface area contributed by atoms with Gasteiger partial charge in [0.05, 0.1) is 27.5 Å². The number of hydrogen-bond donors (Lipinski definition) is 3. The largest absolute Gasteiger partial charge is 0.354 e. The number of para-hydroxylation sites is 1. The third kappa shape index (κ3) is 2.51. The third-order valence-corrected chi connectivity index (χ3v) is 6.39. The van der Waals surface area contributed by atoms with Crippen LogP contribution in [0.5, 0.6) is 0 Å². The van der Waals surface area contributed by atoms with Gasteiger partial charge in [-0.1, -0.05) is 18.2 Å². The van der Waals surface area contributed by atoms with Crippen LogP contribution in [0.25, 0.3) is 43.6 Å². The Balaban J connectivity index is 2.17. The highest BCUT2D eigenvalue weighted by Gasteiger charge is 2.25. The molecule has 5 rings (SSSR count). The van der Waals surface area contributed by atoms with Crippen molar-refractivity contribution in [3.63, 3.8) is 0 Å². The molecule has 0 saturated carbocycles. The van der Waals surface area contributed by atoms with E-state index in [9.17, 15) is 22.6 Å². The summed E-state index contributed by atoms with van der Waals surface area (Å²) in [7, 11) is -4.84. The van der Waals surface area contributed by atoms with E-state index >= 15 is 0 Å². The SMILES string of the molecule is Cc1ccc2c(=O)c3cc4[nH]c5c(C)cccc5c(=O)c4c(S(=O)(=O)O)c3[nH]c2c1. The molecule has 3 N–H and O–H groups in total. The van der Waals surface area contributed by atoms with Gasteiger partial charge in [0.15, 0.2) is 10.9 Å². The summed E-state index contributed by atoms with van der Waals surface area (Å²) in [6, 6.07) is 11.7. The number of aromatic nitrogens is 2. The van der Waals surface area contributed by atoms with Crippen molar-refractivity contribution in [2.45, 2.75) is 18.7 Å². The average Bonchev–Trinajstić information content (AvgIpc) is 2.67. The van der Waals surface area contributed by atoms with Gasteiger partial charge in [0.1, 0.15) is 4.90 Å². The Morgan fingerprint density at radius 2 is 1.53 bits per heavy atom. The lowest BCUT2D eigenvalue weighted by atomic mass is 10.0. The highest BCUT2D eigenvalue weighted by atomic mass is 32.2. The molecule has 0 spiro atoms. The van der Waals surface area contributed by atoms with Crippen molar-refractivity contribution >= 4 is 53.7 Å². The molecular formula is C22H16N2O5S. The van der Waals surface area contributed by atoms with Crippen LogP contribution in [0.3, 0.4) is 0 Å². The first-order chi connectivity index (χ1) is 14.2. The Labute approximate surface area is 169 Å². The molecule has 0 saturated heterocycles. The summed E-state index contributed by atoms with van der Waals surface area (Å²) in [5.41, 5.74) is 1.77. The van der Waals surface area contributed by atoms with Crippen LogP contribution in [0.1, 0.15) is 11.1 Å². The summed E-state index contributed by atoms with van der Waals surface area (Å²) in [5, 5.41) is 0.555. The minimum Gasteiger partial charge on any atom is -0.354 e. The van der Waals surface area contributed by atoms with Crippen molar-refractivity contribution in [2.75, 3.05) is 0 Å². The van der Waals surface area contributed by atoms with Crippen LogP contribution in [0.4, 0.5) is 0 Å². The molecule has 0 aliphatic carbocycles. The van der Waals surface area contributed by atoms with Gasteiger partial charge in [0.25, 0.3) is 10.1 Å². The quantitative estimate of drug-likeness (QED) is 0.283. The van der Waals surface area contributed by atoms with E-state index < -0.39 is 25.9 Å². The lowest BCUT2D eigenvalue weighted by Crippen LogP contribution is -2.14. The van der Waals surface area contributed by atoms with Gasteiger partial charge in [-0.15, -0.1) is 0 Å². The van der Waals surface area contributed by atoms with Crippen molar-refractivity contribution in [3.05, 3.63) is 74.0 Å². The molecule has 150 valence electrons.